The quantitative estimate of drug-likeness (QED) is 0.899. The van der Waals surface area contributed by atoms with Crippen LogP contribution >= 0.6 is 0 Å². The zero-order valence-electron chi connectivity index (χ0n) is 11.6. The van der Waals surface area contributed by atoms with Gasteiger partial charge in [0.25, 0.3) is 0 Å². The first-order valence-corrected chi connectivity index (χ1v) is 7.00. The van der Waals surface area contributed by atoms with Crippen LogP contribution in [-0.4, -0.2) is 17.2 Å². The average Bonchev–Trinajstić information content (AvgIpc) is 2.40. The predicted octanol–water partition coefficient (Wildman–Crippen LogP) is 3.73. The van der Waals surface area contributed by atoms with E-state index in [4.69, 9.17) is 9.84 Å². The van der Waals surface area contributed by atoms with Crippen molar-refractivity contribution in [1.29, 1.82) is 0 Å². The molecule has 3 atom stereocenters. The largest absolute Gasteiger partial charge is 0.478 e. The predicted molar refractivity (Wildman–Crippen MR) is 74.2 cm³/mol. The molecule has 104 valence electrons. The molecular weight excluding hydrogens is 240 g/mol. The lowest BCUT2D eigenvalue weighted by molar-refractivity contribution is -0.00785. The highest BCUT2D eigenvalue weighted by Crippen LogP contribution is 2.31. The molecule has 3 unspecified atom stereocenters. The number of aromatic carboxylic acids is 1. The van der Waals surface area contributed by atoms with Gasteiger partial charge in [-0.2, -0.15) is 0 Å². The van der Waals surface area contributed by atoms with E-state index in [1.165, 1.54) is 6.42 Å². The van der Waals surface area contributed by atoms with E-state index in [2.05, 4.69) is 13.8 Å². The second-order valence-electron chi connectivity index (χ2n) is 5.66. The van der Waals surface area contributed by atoms with Gasteiger partial charge in [-0.05, 0) is 42.7 Å². The Morgan fingerprint density at radius 3 is 2.68 bits per heavy atom. The van der Waals surface area contributed by atoms with Gasteiger partial charge in [0.1, 0.15) is 0 Å². The topological polar surface area (TPSA) is 46.5 Å². The third-order valence-corrected chi connectivity index (χ3v) is 4.27. The summed E-state index contributed by atoms with van der Waals surface area (Å²) in [5.74, 6) is 0.574. The molecule has 1 aliphatic carbocycles. The fourth-order valence-electron chi connectivity index (χ4n) is 2.71. The van der Waals surface area contributed by atoms with Crippen LogP contribution in [0.3, 0.4) is 0 Å². The Hall–Kier alpha value is -1.35. The standard InChI is InChI=1S/C16H22O3/c1-11-7-8-14(9-12(11)2)19-10-13-5-3-4-6-15(13)16(17)18/h3-6,11-12,14H,7-10H2,1-2H3,(H,17,18). The van der Waals surface area contributed by atoms with Crippen LogP contribution in [0.25, 0.3) is 0 Å². The molecule has 0 spiro atoms. The van der Waals surface area contributed by atoms with Crippen LogP contribution in [0.1, 0.15) is 49.0 Å². The third kappa shape index (κ3) is 3.57. The van der Waals surface area contributed by atoms with Gasteiger partial charge in [0.2, 0.25) is 0 Å². The van der Waals surface area contributed by atoms with E-state index in [1.807, 2.05) is 12.1 Å². The number of ether oxygens (including phenoxy) is 1. The maximum atomic E-state index is 11.1. The summed E-state index contributed by atoms with van der Waals surface area (Å²) >= 11 is 0. The molecule has 0 amide bonds. The molecule has 19 heavy (non-hydrogen) atoms. The van der Waals surface area contributed by atoms with Gasteiger partial charge in [-0.15, -0.1) is 0 Å². The molecule has 0 aliphatic heterocycles. The second kappa shape index (κ2) is 6.20. The van der Waals surface area contributed by atoms with Gasteiger partial charge in [0.05, 0.1) is 18.3 Å². The summed E-state index contributed by atoms with van der Waals surface area (Å²) in [6.07, 6.45) is 3.64. The van der Waals surface area contributed by atoms with Crippen molar-refractivity contribution in [3.8, 4) is 0 Å². The van der Waals surface area contributed by atoms with E-state index < -0.39 is 5.97 Å². The van der Waals surface area contributed by atoms with Gasteiger partial charge in [0.15, 0.2) is 0 Å². The van der Waals surface area contributed by atoms with E-state index in [-0.39, 0.29) is 6.10 Å². The molecule has 2 rings (SSSR count). The van der Waals surface area contributed by atoms with Crippen molar-refractivity contribution in [2.24, 2.45) is 11.8 Å². The molecule has 0 radical (unpaired) electrons. The first-order chi connectivity index (χ1) is 9.08. The number of benzene rings is 1. The molecular formula is C16H22O3. The highest BCUT2D eigenvalue weighted by atomic mass is 16.5. The van der Waals surface area contributed by atoms with Crippen LogP contribution in [0, 0.1) is 11.8 Å². The van der Waals surface area contributed by atoms with Crippen molar-refractivity contribution < 1.29 is 14.6 Å². The summed E-state index contributed by atoms with van der Waals surface area (Å²) in [5, 5.41) is 9.12. The van der Waals surface area contributed by atoms with Gasteiger partial charge in [-0.25, -0.2) is 4.79 Å². The van der Waals surface area contributed by atoms with Crippen molar-refractivity contribution in [2.45, 2.75) is 45.8 Å². The molecule has 1 fully saturated rings. The third-order valence-electron chi connectivity index (χ3n) is 4.27. The van der Waals surface area contributed by atoms with Crippen LogP contribution in [-0.2, 0) is 11.3 Å². The van der Waals surface area contributed by atoms with E-state index in [9.17, 15) is 4.79 Å². The van der Waals surface area contributed by atoms with Crippen molar-refractivity contribution in [3.63, 3.8) is 0 Å². The lowest BCUT2D eigenvalue weighted by atomic mass is 9.80. The Bertz CT molecular complexity index is 441. The highest BCUT2D eigenvalue weighted by molar-refractivity contribution is 5.89. The molecule has 0 heterocycles. The molecule has 0 aromatic heterocycles. The second-order valence-corrected chi connectivity index (χ2v) is 5.66. The lowest BCUT2D eigenvalue weighted by Crippen LogP contribution is -2.26. The molecule has 1 aliphatic rings. The normalized spacial score (nSPS) is 27.2. The smallest absolute Gasteiger partial charge is 0.336 e. The van der Waals surface area contributed by atoms with E-state index in [0.29, 0.717) is 18.1 Å². The number of carboxylic acid groups (broad SMARTS) is 1. The fourth-order valence-corrected chi connectivity index (χ4v) is 2.71. The lowest BCUT2D eigenvalue weighted by Gasteiger charge is -2.32. The molecule has 1 aromatic rings. The summed E-state index contributed by atoms with van der Waals surface area (Å²) < 4.78 is 5.92. The Labute approximate surface area is 114 Å². The minimum absolute atomic E-state index is 0.271. The van der Waals surface area contributed by atoms with Crippen LogP contribution < -0.4 is 0 Å². The highest BCUT2D eigenvalue weighted by Gasteiger charge is 2.25. The van der Waals surface area contributed by atoms with Gasteiger partial charge >= 0.3 is 5.97 Å². The molecule has 1 N–H and O–H groups in total. The first-order valence-electron chi connectivity index (χ1n) is 7.00. The minimum Gasteiger partial charge on any atom is -0.478 e. The molecule has 1 aromatic carbocycles. The van der Waals surface area contributed by atoms with E-state index >= 15 is 0 Å². The SMILES string of the molecule is CC1CCC(OCc2ccccc2C(=O)O)CC1C. The van der Waals surface area contributed by atoms with Crippen LogP contribution in [0.15, 0.2) is 24.3 Å². The Morgan fingerprint density at radius 2 is 2.00 bits per heavy atom. The summed E-state index contributed by atoms with van der Waals surface area (Å²) in [6, 6.07) is 7.07. The van der Waals surface area contributed by atoms with Gasteiger partial charge < -0.3 is 9.84 Å². The van der Waals surface area contributed by atoms with Crippen molar-refractivity contribution in [2.75, 3.05) is 0 Å². The maximum Gasteiger partial charge on any atom is 0.336 e. The minimum atomic E-state index is -0.884. The van der Waals surface area contributed by atoms with Crippen LogP contribution in [0.4, 0.5) is 0 Å². The Morgan fingerprint density at radius 1 is 1.26 bits per heavy atom. The number of carboxylic acids is 1. The van der Waals surface area contributed by atoms with E-state index in [1.54, 1.807) is 12.1 Å². The zero-order valence-corrected chi connectivity index (χ0v) is 11.6. The molecule has 3 heteroatoms. The molecule has 0 saturated heterocycles. The van der Waals surface area contributed by atoms with Crippen molar-refractivity contribution in [3.05, 3.63) is 35.4 Å². The van der Waals surface area contributed by atoms with Crippen molar-refractivity contribution >= 4 is 5.97 Å². The first kappa shape index (κ1) is 14.1. The van der Waals surface area contributed by atoms with Gasteiger partial charge in [-0.3, -0.25) is 0 Å². The molecule has 3 nitrogen and oxygen atoms in total. The number of hydrogen-bond donors (Lipinski definition) is 1. The molecule has 0 bridgehead atoms. The Balaban J connectivity index is 1.94. The molecule has 1 saturated carbocycles. The van der Waals surface area contributed by atoms with Gasteiger partial charge in [0, 0.05) is 0 Å². The van der Waals surface area contributed by atoms with Crippen LogP contribution in [0.5, 0.6) is 0 Å². The summed E-state index contributed by atoms with van der Waals surface area (Å²) in [6.45, 7) is 4.96. The average molecular weight is 262 g/mol. The fraction of sp³-hybridized carbons (Fsp3) is 0.562. The van der Waals surface area contributed by atoms with Crippen LogP contribution in [0.2, 0.25) is 0 Å². The summed E-state index contributed by atoms with van der Waals surface area (Å²) in [4.78, 5) is 11.1. The summed E-state index contributed by atoms with van der Waals surface area (Å²) in [7, 11) is 0. The summed E-state index contributed by atoms with van der Waals surface area (Å²) in [5.41, 5.74) is 1.11. The number of carbonyl (C=O) groups is 1. The number of hydrogen-bond acceptors (Lipinski definition) is 2. The Kier molecular flexibility index (Phi) is 4.59. The van der Waals surface area contributed by atoms with Gasteiger partial charge in [-0.1, -0.05) is 32.0 Å². The number of rotatable bonds is 4. The van der Waals surface area contributed by atoms with Crippen molar-refractivity contribution in [1.82, 2.24) is 0 Å². The maximum absolute atomic E-state index is 11.1. The monoisotopic (exact) mass is 262 g/mol. The van der Waals surface area contributed by atoms with E-state index in [0.717, 1.165) is 24.3 Å². The zero-order chi connectivity index (χ0) is 13.8.